The molecule has 0 saturated heterocycles. The summed E-state index contributed by atoms with van der Waals surface area (Å²) < 4.78 is 5.20. The quantitative estimate of drug-likeness (QED) is 0.619. The van der Waals surface area contributed by atoms with E-state index in [9.17, 15) is 4.79 Å². The van der Waals surface area contributed by atoms with Crippen molar-refractivity contribution < 1.29 is 9.32 Å². The number of carbonyl (C=O) groups excluding carboxylic acids is 1. The minimum absolute atomic E-state index is 0.0591. The number of hydrogen-bond donors (Lipinski definition) is 0. The Morgan fingerprint density at radius 3 is 2.65 bits per heavy atom. The Kier molecular flexibility index (Phi) is 5.68. The van der Waals surface area contributed by atoms with E-state index in [1.54, 1.807) is 36.6 Å². The third-order valence-electron chi connectivity index (χ3n) is 4.05. The van der Waals surface area contributed by atoms with Gasteiger partial charge in [0.05, 0.1) is 11.3 Å². The van der Waals surface area contributed by atoms with Crippen LogP contribution in [0.25, 0.3) is 0 Å². The largest absolute Gasteiger partial charge is 0.361 e. The summed E-state index contributed by atoms with van der Waals surface area (Å²) in [7, 11) is 1.79. The average Bonchev–Trinajstić information content (AvgIpc) is 2.98. The lowest BCUT2D eigenvalue weighted by atomic mass is 10.2. The summed E-state index contributed by atoms with van der Waals surface area (Å²) in [5, 5.41) is 4.68. The fourth-order valence-electron chi connectivity index (χ4n) is 2.56. The van der Waals surface area contributed by atoms with Crippen LogP contribution in [0.5, 0.6) is 0 Å². The average molecular weight is 368 g/mol. The molecule has 1 amide bonds. The highest BCUT2D eigenvalue weighted by atomic mass is 32.2. The third kappa shape index (κ3) is 4.11. The van der Waals surface area contributed by atoms with E-state index in [1.807, 2.05) is 32.0 Å². The predicted octanol–water partition coefficient (Wildman–Crippen LogP) is 3.65. The molecule has 0 radical (unpaired) electrons. The van der Waals surface area contributed by atoms with Gasteiger partial charge in [-0.2, -0.15) is 0 Å². The molecule has 0 unspecified atom stereocenters. The highest BCUT2D eigenvalue weighted by Crippen LogP contribution is 2.27. The van der Waals surface area contributed by atoms with Gasteiger partial charge in [0, 0.05) is 43.5 Å². The summed E-state index contributed by atoms with van der Waals surface area (Å²) in [6, 6.07) is 7.40. The maximum Gasteiger partial charge on any atom is 0.256 e. The Labute approximate surface area is 156 Å². The molecule has 0 aliphatic rings. The predicted molar refractivity (Wildman–Crippen MR) is 99.8 cm³/mol. The SMILES string of the molecule is Cc1noc(C)c1CSc1ncccc1C(=O)N(C)Cc1ccncc1. The molecule has 134 valence electrons. The van der Waals surface area contributed by atoms with Crippen LogP contribution < -0.4 is 0 Å². The number of rotatable bonds is 6. The van der Waals surface area contributed by atoms with Crippen LogP contribution in [0.15, 0.2) is 52.4 Å². The highest BCUT2D eigenvalue weighted by molar-refractivity contribution is 7.98. The third-order valence-corrected chi connectivity index (χ3v) is 5.08. The Morgan fingerprint density at radius 2 is 1.96 bits per heavy atom. The zero-order valence-corrected chi connectivity index (χ0v) is 15.8. The molecular weight excluding hydrogens is 348 g/mol. The monoisotopic (exact) mass is 368 g/mol. The molecule has 0 aliphatic carbocycles. The first kappa shape index (κ1) is 18.1. The van der Waals surface area contributed by atoms with Gasteiger partial charge in [0.1, 0.15) is 10.8 Å². The van der Waals surface area contributed by atoms with Gasteiger partial charge < -0.3 is 9.42 Å². The molecule has 0 N–H and O–H groups in total. The lowest BCUT2D eigenvalue weighted by molar-refractivity contribution is 0.0781. The van der Waals surface area contributed by atoms with Crippen LogP contribution in [0, 0.1) is 13.8 Å². The lowest BCUT2D eigenvalue weighted by Gasteiger charge is -2.18. The number of pyridine rings is 2. The molecule has 0 aromatic carbocycles. The molecule has 0 saturated carbocycles. The van der Waals surface area contributed by atoms with Gasteiger partial charge in [0.15, 0.2) is 0 Å². The van der Waals surface area contributed by atoms with E-state index in [1.165, 1.54) is 11.8 Å². The maximum absolute atomic E-state index is 12.9. The number of amides is 1. The second kappa shape index (κ2) is 8.14. The molecule has 3 rings (SSSR count). The van der Waals surface area contributed by atoms with Gasteiger partial charge in [-0.05, 0) is 43.7 Å². The number of carbonyl (C=O) groups is 1. The van der Waals surface area contributed by atoms with Gasteiger partial charge in [0.25, 0.3) is 5.91 Å². The van der Waals surface area contributed by atoms with E-state index in [2.05, 4.69) is 15.1 Å². The van der Waals surface area contributed by atoms with E-state index in [0.29, 0.717) is 22.9 Å². The van der Waals surface area contributed by atoms with Crippen molar-refractivity contribution in [1.29, 1.82) is 0 Å². The standard InChI is InChI=1S/C19H20N4O2S/c1-13-17(14(2)25-22-13)12-26-18-16(5-4-8-21-18)19(24)23(3)11-15-6-9-20-10-7-15/h4-10H,11-12H2,1-3H3. The first-order chi connectivity index (χ1) is 12.6. The summed E-state index contributed by atoms with van der Waals surface area (Å²) >= 11 is 1.52. The summed E-state index contributed by atoms with van der Waals surface area (Å²) in [5.41, 5.74) is 3.54. The molecule has 7 heteroatoms. The summed E-state index contributed by atoms with van der Waals surface area (Å²) in [6.45, 7) is 4.33. The zero-order chi connectivity index (χ0) is 18.5. The molecule has 3 aromatic rings. The maximum atomic E-state index is 12.9. The Hall–Kier alpha value is -2.67. The van der Waals surface area contributed by atoms with E-state index in [-0.39, 0.29) is 5.91 Å². The molecule has 0 bridgehead atoms. The number of aryl methyl sites for hydroxylation is 2. The molecular formula is C19H20N4O2S. The molecule has 0 atom stereocenters. The van der Waals surface area contributed by atoms with Crippen molar-refractivity contribution >= 4 is 17.7 Å². The van der Waals surface area contributed by atoms with E-state index in [4.69, 9.17) is 4.52 Å². The number of hydrogen-bond acceptors (Lipinski definition) is 6. The summed E-state index contributed by atoms with van der Waals surface area (Å²) in [5.74, 6) is 1.40. The van der Waals surface area contributed by atoms with Gasteiger partial charge >= 0.3 is 0 Å². The number of aromatic nitrogens is 3. The molecule has 6 nitrogen and oxygen atoms in total. The fourth-order valence-corrected chi connectivity index (χ4v) is 3.70. The van der Waals surface area contributed by atoms with Gasteiger partial charge in [-0.3, -0.25) is 9.78 Å². The van der Waals surface area contributed by atoms with Crippen LogP contribution in [0.3, 0.4) is 0 Å². The van der Waals surface area contributed by atoms with Gasteiger partial charge in [-0.15, -0.1) is 11.8 Å². The van der Waals surface area contributed by atoms with Gasteiger partial charge in [-0.1, -0.05) is 5.16 Å². The summed E-state index contributed by atoms with van der Waals surface area (Å²) in [4.78, 5) is 23.0. The first-order valence-corrected chi connectivity index (χ1v) is 9.18. The second-order valence-electron chi connectivity index (χ2n) is 5.96. The molecule has 0 aliphatic heterocycles. The van der Waals surface area contributed by atoms with Crippen molar-refractivity contribution in [3.63, 3.8) is 0 Å². The van der Waals surface area contributed by atoms with Crippen molar-refractivity contribution in [2.75, 3.05) is 7.05 Å². The van der Waals surface area contributed by atoms with Crippen molar-refractivity contribution in [3.8, 4) is 0 Å². The van der Waals surface area contributed by atoms with Gasteiger partial charge in [0.2, 0.25) is 0 Å². The number of nitrogens with zero attached hydrogens (tertiary/aromatic N) is 4. The van der Waals surface area contributed by atoms with Crippen LogP contribution in [-0.4, -0.2) is 33.0 Å². The molecule has 0 fully saturated rings. The van der Waals surface area contributed by atoms with Crippen LogP contribution in [-0.2, 0) is 12.3 Å². The minimum atomic E-state index is -0.0591. The van der Waals surface area contributed by atoms with Crippen LogP contribution >= 0.6 is 11.8 Å². The molecule has 3 aromatic heterocycles. The Balaban J connectivity index is 1.74. The molecule has 26 heavy (non-hydrogen) atoms. The van der Waals surface area contributed by atoms with Crippen molar-refractivity contribution in [3.05, 3.63) is 71.0 Å². The topological polar surface area (TPSA) is 72.1 Å². The zero-order valence-electron chi connectivity index (χ0n) is 15.0. The first-order valence-electron chi connectivity index (χ1n) is 8.20. The van der Waals surface area contributed by atoms with Crippen molar-refractivity contribution in [2.45, 2.75) is 31.2 Å². The smallest absolute Gasteiger partial charge is 0.256 e. The molecule has 0 spiro atoms. The fraction of sp³-hybridized carbons (Fsp3) is 0.263. The van der Waals surface area contributed by atoms with Crippen LogP contribution in [0.4, 0.5) is 0 Å². The van der Waals surface area contributed by atoms with Crippen molar-refractivity contribution in [2.24, 2.45) is 0 Å². The molecule has 3 heterocycles. The van der Waals surface area contributed by atoms with Crippen LogP contribution in [0.1, 0.15) is 32.9 Å². The summed E-state index contributed by atoms with van der Waals surface area (Å²) in [6.07, 6.45) is 5.15. The lowest BCUT2D eigenvalue weighted by Crippen LogP contribution is -2.26. The highest BCUT2D eigenvalue weighted by Gasteiger charge is 2.18. The second-order valence-corrected chi connectivity index (χ2v) is 6.93. The van der Waals surface area contributed by atoms with E-state index < -0.39 is 0 Å². The number of thioether (sulfide) groups is 1. The Bertz CT molecular complexity index is 876. The van der Waals surface area contributed by atoms with Gasteiger partial charge in [-0.25, -0.2) is 4.98 Å². The Morgan fingerprint density at radius 1 is 1.19 bits per heavy atom. The van der Waals surface area contributed by atoms with E-state index >= 15 is 0 Å². The van der Waals surface area contributed by atoms with Crippen molar-refractivity contribution in [1.82, 2.24) is 20.0 Å². The van der Waals surface area contributed by atoms with E-state index in [0.717, 1.165) is 22.6 Å². The van der Waals surface area contributed by atoms with Crippen LogP contribution in [0.2, 0.25) is 0 Å². The normalized spacial score (nSPS) is 10.7. The minimum Gasteiger partial charge on any atom is -0.361 e.